The Balaban J connectivity index is 1.83. The number of carbonyl (C=O) groups is 1. The predicted molar refractivity (Wildman–Crippen MR) is 79.9 cm³/mol. The van der Waals surface area contributed by atoms with Gasteiger partial charge in [0.15, 0.2) is 6.10 Å². The number of hydrogen-bond acceptors (Lipinski definition) is 5. The van der Waals surface area contributed by atoms with Crippen LogP contribution in [-0.4, -0.2) is 41.7 Å². The van der Waals surface area contributed by atoms with E-state index in [0.717, 1.165) is 5.56 Å². The molecule has 1 unspecified atom stereocenters. The zero-order valence-electron chi connectivity index (χ0n) is 10.8. The molecule has 1 atom stereocenters. The number of carbonyl (C=O) groups excluding carboxylic acids is 1. The summed E-state index contributed by atoms with van der Waals surface area (Å²) >= 11 is 16.5. The van der Waals surface area contributed by atoms with Crippen molar-refractivity contribution in [3.8, 4) is 0 Å². The van der Waals surface area contributed by atoms with Gasteiger partial charge < -0.3 is 14.2 Å². The largest absolute Gasteiger partial charge is 0.405 e. The number of halogens is 3. The third kappa shape index (κ3) is 5.45. The van der Waals surface area contributed by atoms with Gasteiger partial charge in [0.1, 0.15) is 6.79 Å². The molecule has 2 rings (SSSR count). The first-order chi connectivity index (χ1) is 9.96. The van der Waals surface area contributed by atoms with Crippen molar-refractivity contribution in [1.29, 1.82) is 0 Å². The molecule has 1 aliphatic rings. The fourth-order valence-electron chi connectivity index (χ4n) is 1.57. The molecule has 0 amide bonds. The summed E-state index contributed by atoms with van der Waals surface area (Å²) in [6.45, 7) is -0.179. The Morgan fingerprint density at radius 1 is 1.29 bits per heavy atom. The van der Waals surface area contributed by atoms with E-state index >= 15 is 0 Å². The van der Waals surface area contributed by atoms with Gasteiger partial charge >= 0.3 is 5.97 Å². The molecule has 21 heavy (non-hydrogen) atoms. The lowest BCUT2D eigenvalue weighted by Crippen LogP contribution is -2.36. The topological polar surface area (TPSA) is 57.1 Å². The molecule has 0 fully saturated rings. The van der Waals surface area contributed by atoms with Gasteiger partial charge in [-0.15, -0.1) is 0 Å². The van der Waals surface area contributed by atoms with Crippen molar-refractivity contribution in [2.45, 2.75) is 9.90 Å². The van der Waals surface area contributed by atoms with Crippen molar-refractivity contribution in [1.82, 2.24) is 0 Å². The monoisotopic (exact) mass is 351 g/mol. The molecular weight excluding hydrogens is 341 g/mol. The minimum absolute atomic E-state index is 0.141. The Labute approximate surface area is 136 Å². The summed E-state index contributed by atoms with van der Waals surface area (Å²) in [5.74, 6) is -0.246. The van der Waals surface area contributed by atoms with E-state index in [1.54, 1.807) is 12.1 Å². The van der Waals surface area contributed by atoms with Crippen LogP contribution < -0.4 is 0 Å². The molecule has 1 aliphatic heterocycles. The first-order valence-electron chi connectivity index (χ1n) is 6.03. The van der Waals surface area contributed by atoms with E-state index in [1.165, 1.54) is 0 Å². The number of ether oxygens (including phenoxy) is 3. The summed E-state index contributed by atoms with van der Waals surface area (Å²) in [6, 6.07) is 9.13. The minimum atomic E-state index is -1.52. The molecule has 0 saturated carbocycles. The number of hydrogen-bond donors (Lipinski definition) is 0. The van der Waals surface area contributed by atoms with E-state index in [1.807, 2.05) is 18.2 Å². The van der Waals surface area contributed by atoms with Crippen molar-refractivity contribution >= 4 is 46.7 Å². The quantitative estimate of drug-likeness (QED) is 0.354. The molecule has 1 aromatic rings. The van der Waals surface area contributed by atoms with Crippen molar-refractivity contribution in [3.63, 3.8) is 0 Å². The van der Waals surface area contributed by atoms with E-state index in [-0.39, 0.29) is 25.8 Å². The Morgan fingerprint density at radius 2 is 2.00 bits per heavy atom. The van der Waals surface area contributed by atoms with Crippen LogP contribution in [0.5, 0.6) is 0 Å². The SMILES string of the molecule is O=C1OC(c2ccccc2)=NCC1OCOCC(Cl)(Cl)Cl. The van der Waals surface area contributed by atoms with Crippen molar-refractivity contribution in [3.05, 3.63) is 35.9 Å². The maximum atomic E-state index is 11.8. The zero-order chi connectivity index (χ0) is 15.3. The highest BCUT2D eigenvalue weighted by molar-refractivity contribution is 6.67. The number of aliphatic imine (C=N–C) groups is 1. The summed E-state index contributed by atoms with van der Waals surface area (Å²) in [6.07, 6.45) is -0.826. The molecule has 0 aliphatic carbocycles. The average molecular weight is 353 g/mol. The van der Waals surface area contributed by atoms with Crippen molar-refractivity contribution in [2.75, 3.05) is 19.9 Å². The van der Waals surface area contributed by atoms with Gasteiger partial charge in [0.05, 0.1) is 13.2 Å². The van der Waals surface area contributed by atoms with Crippen molar-refractivity contribution < 1.29 is 19.0 Å². The van der Waals surface area contributed by atoms with E-state index in [9.17, 15) is 4.79 Å². The van der Waals surface area contributed by atoms with Crippen LogP contribution in [0, 0.1) is 0 Å². The highest BCUT2D eigenvalue weighted by Gasteiger charge is 2.28. The summed E-state index contributed by atoms with van der Waals surface area (Å²) in [4.78, 5) is 16.0. The second kappa shape index (κ2) is 7.42. The Bertz CT molecular complexity index is 516. The fourth-order valence-corrected chi connectivity index (χ4v) is 1.80. The first-order valence-corrected chi connectivity index (χ1v) is 7.17. The van der Waals surface area contributed by atoms with E-state index in [2.05, 4.69) is 4.99 Å². The van der Waals surface area contributed by atoms with Crippen LogP contribution >= 0.6 is 34.8 Å². The second-order valence-electron chi connectivity index (χ2n) is 4.17. The number of benzene rings is 1. The summed E-state index contributed by atoms with van der Waals surface area (Å²) in [5, 5.41) is 0. The molecule has 1 aromatic carbocycles. The number of esters is 1. The number of nitrogens with zero attached hydrogens (tertiary/aromatic N) is 1. The van der Waals surface area contributed by atoms with Crippen LogP contribution in [0.2, 0.25) is 0 Å². The molecule has 0 aromatic heterocycles. The Kier molecular flexibility index (Phi) is 5.84. The summed E-state index contributed by atoms with van der Waals surface area (Å²) in [5.41, 5.74) is 0.733. The second-order valence-corrected chi connectivity index (χ2v) is 6.69. The van der Waals surface area contributed by atoms with Gasteiger partial charge in [0.25, 0.3) is 0 Å². The van der Waals surface area contributed by atoms with Crippen LogP contribution in [0.4, 0.5) is 0 Å². The number of alkyl halides is 3. The molecule has 0 radical (unpaired) electrons. The van der Waals surface area contributed by atoms with Crippen LogP contribution in [0.25, 0.3) is 0 Å². The Hall–Kier alpha value is -0.850. The minimum Gasteiger partial charge on any atom is -0.405 e. The number of rotatable bonds is 5. The maximum Gasteiger partial charge on any atom is 0.344 e. The number of cyclic esters (lactones) is 1. The lowest BCUT2D eigenvalue weighted by Gasteiger charge is -2.21. The van der Waals surface area contributed by atoms with Crippen LogP contribution in [0.1, 0.15) is 5.56 Å². The van der Waals surface area contributed by atoms with E-state index in [4.69, 9.17) is 49.0 Å². The third-order valence-corrected chi connectivity index (χ3v) is 2.83. The third-order valence-electron chi connectivity index (χ3n) is 2.50. The lowest BCUT2D eigenvalue weighted by molar-refractivity contribution is -0.159. The van der Waals surface area contributed by atoms with Crippen LogP contribution in [0.3, 0.4) is 0 Å². The highest BCUT2D eigenvalue weighted by atomic mass is 35.6. The van der Waals surface area contributed by atoms with Gasteiger partial charge in [-0.25, -0.2) is 9.79 Å². The van der Waals surface area contributed by atoms with Gasteiger partial charge in [-0.1, -0.05) is 53.0 Å². The summed E-state index contributed by atoms with van der Waals surface area (Å²) < 4.78 is 13.8. The van der Waals surface area contributed by atoms with Crippen LogP contribution in [0.15, 0.2) is 35.3 Å². The molecule has 0 bridgehead atoms. The fraction of sp³-hybridized carbons (Fsp3) is 0.385. The normalized spacial score (nSPS) is 19.1. The predicted octanol–water partition coefficient (Wildman–Crippen LogP) is 2.72. The van der Waals surface area contributed by atoms with Gasteiger partial charge in [-0.2, -0.15) is 0 Å². The smallest absolute Gasteiger partial charge is 0.344 e. The molecule has 5 nitrogen and oxygen atoms in total. The average Bonchev–Trinajstić information content (AvgIpc) is 2.45. The molecule has 1 heterocycles. The molecule has 0 N–H and O–H groups in total. The van der Waals surface area contributed by atoms with Gasteiger partial charge in [0, 0.05) is 5.56 Å². The first kappa shape index (κ1) is 16.5. The van der Waals surface area contributed by atoms with Gasteiger partial charge in [-0.05, 0) is 12.1 Å². The van der Waals surface area contributed by atoms with Crippen molar-refractivity contribution in [2.24, 2.45) is 4.99 Å². The van der Waals surface area contributed by atoms with Crippen LogP contribution in [-0.2, 0) is 19.0 Å². The molecule has 0 saturated heterocycles. The standard InChI is InChI=1S/C13H12Cl3NO4/c14-13(15,16)7-19-8-20-10-6-17-11(21-12(10)18)9-4-2-1-3-5-9/h1-5,10H,6-8H2. The molecule has 8 heteroatoms. The molecular formula is C13H12Cl3NO4. The molecule has 0 spiro atoms. The zero-order valence-corrected chi connectivity index (χ0v) is 13.1. The van der Waals surface area contributed by atoms with Gasteiger partial charge in [-0.3, -0.25) is 0 Å². The highest BCUT2D eigenvalue weighted by Crippen LogP contribution is 2.25. The molecule has 114 valence electrons. The lowest BCUT2D eigenvalue weighted by atomic mass is 10.2. The van der Waals surface area contributed by atoms with E-state index in [0.29, 0.717) is 0 Å². The van der Waals surface area contributed by atoms with Gasteiger partial charge in [0.2, 0.25) is 9.69 Å². The Morgan fingerprint density at radius 3 is 2.62 bits per heavy atom. The summed E-state index contributed by atoms with van der Waals surface area (Å²) in [7, 11) is 0. The van der Waals surface area contributed by atoms with E-state index < -0.39 is 15.9 Å². The maximum absolute atomic E-state index is 11.8.